The van der Waals surface area contributed by atoms with Crippen LogP contribution in [0.3, 0.4) is 0 Å². The van der Waals surface area contributed by atoms with Crippen molar-refractivity contribution in [1.82, 2.24) is 9.97 Å². The molecule has 2 aromatic heterocycles. The van der Waals surface area contributed by atoms with E-state index in [0.29, 0.717) is 59.9 Å². The van der Waals surface area contributed by atoms with Crippen molar-refractivity contribution >= 4 is 50.3 Å². The number of amides is 1. The Hall–Kier alpha value is -2.69. The summed E-state index contributed by atoms with van der Waals surface area (Å²) >= 11 is 3.28. The average molecular weight is 476 g/mol. The third kappa shape index (κ3) is 4.55. The van der Waals surface area contributed by atoms with E-state index in [0.717, 1.165) is 5.69 Å². The third-order valence-corrected chi connectivity index (χ3v) is 5.34. The summed E-state index contributed by atoms with van der Waals surface area (Å²) in [5.41, 5.74) is 2.81. The molecule has 158 valence electrons. The summed E-state index contributed by atoms with van der Waals surface area (Å²) in [6, 6.07) is 9.05. The highest BCUT2D eigenvalue weighted by Gasteiger charge is 2.22. The number of nitrogens with zero attached hydrogens (tertiary/aromatic N) is 3. The minimum Gasteiger partial charge on any atom is -0.423 e. The van der Waals surface area contributed by atoms with Crippen molar-refractivity contribution in [3.05, 3.63) is 40.6 Å². The molecule has 1 fully saturated rings. The van der Waals surface area contributed by atoms with Gasteiger partial charge in [0.15, 0.2) is 5.58 Å². The van der Waals surface area contributed by atoms with Crippen LogP contribution in [0.2, 0.25) is 0 Å². The summed E-state index contributed by atoms with van der Waals surface area (Å²) in [4.78, 5) is 23.5. The molecule has 1 aliphatic rings. The molecule has 3 aromatic rings. The molecular weight excluding hydrogens is 454 g/mol. The number of hydrogen-bond acceptors (Lipinski definition) is 8. The molecule has 3 heterocycles. The Bertz CT molecular complexity index is 1050. The number of nitrogens with one attached hydrogen (secondary N) is 2. The van der Waals surface area contributed by atoms with Gasteiger partial charge in [0.2, 0.25) is 0 Å². The Kier molecular flexibility index (Phi) is 6.16. The van der Waals surface area contributed by atoms with Crippen LogP contribution >= 0.6 is 15.9 Å². The van der Waals surface area contributed by atoms with Gasteiger partial charge in [0.1, 0.15) is 15.8 Å². The first kappa shape index (κ1) is 20.6. The summed E-state index contributed by atoms with van der Waals surface area (Å²) in [6.07, 6.45) is 0.997. The standard InChI is InChI=1S/C20H22BrN5O4/c21-18-3-1-2-13(23-18)19(29)24-14-11-17-15(25-20(30-17)22-6-9-27)10-16(14)26-7-4-12(28)5-8-26/h1-3,10-12,27-28H,4-9H2,(H,22,25)(H,24,29). The second-order valence-corrected chi connectivity index (χ2v) is 7.84. The minimum atomic E-state index is -0.341. The third-order valence-electron chi connectivity index (χ3n) is 4.90. The number of halogens is 1. The number of carbonyl (C=O) groups excluding carboxylic acids is 1. The van der Waals surface area contributed by atoms with Crippen molar-refractivity contribution < 1.29 is 19.4 Å². The fourth-order valence-corrected chi connectivity index (χ4v) is 3.73. The van der Waals surface area contributed by atoms with Gasteiger partial charge in [-0.25, -0.2) is 4.98 Å². The maximum absolute atomic E-state index is 12.8. The van der Waals surface area contributed by atoms with E-state index in [1.165, 1.54) is 0 Å². The van der Waals surface area contributed by atoms with Gasteiger partial charge in [0.05, 0.1) is 24.1 Å². The van der Waals surface area contributed by atoms with Crippen LogP contribution in [0.1, 0.15) is 23.3 Å². The van der Waals surface area contributed by atoms with Gasteiger partial charge >= 0.3 is 0 Å². The van der Waals surface area contributed by atoms with Crippen molar-refractivity contribution in [3.63, 3.8) is 0 Å². The molecule has 30 heavy (non-hydrogen) atoms. The van der Waals surface area contributed by atoms with Crippen LogP contribution in [0.25, 0.3) is 11.1 Å². The first-order chi connectivity index (χ1) is 14.5. The van der Waals surface area contributed by atoms with E-state index in [2.05, 4.69) is 41.4 Å². The number of fused-ring (bicyclic) bond motifs is 1. The number of rotatable bonds is 6. The lowest BCUT2D eigenvalue weighted by Gasteiger charge is -2.32. The fraction of sp³-hybridized carbons (Fsp3) is 0.350. The Morgan fingerprint density at radius 2 is 2.07 bits per heavy atom. The number of benzene rings is 1. The number of aliphatic hydroxyl groups excluding tert-OH is 2. The zero-order valence-electron chi connectivity index (χ0n) is 16.1. The maximum Gasteiger partial charge on any atom is 0.295 e. The Morgan fingerprint density at radius 3 is 2.80 bits per heavy atom. The Morgan fingerprint density at radius 1 is 1.27 bits per heavy atom. The Balaban J connectivity index is 1.69. The number of carbonyl (C=O) groups is 1. The monoisotopic (exact) mass is 475 g/mol. The highest BCUT2D eigenvalue weighted by atomic mass is 79.9. The molecule has 0 radical (unpaired) electrons. The number of pyridine rings is 1. The van der Waals surface area contributed by atoms with Gasteiger partial charge in [0.25, 0.3) is 11.9 Å². The van der Waals surface area contributed by atoms with E-state index in [1.54, 1.807) is 24.3 Å². The summed E-state index contributed by atoms with van der Waals surface area (Å²) in [5, 5.41) is 24.7. The van der Waals surface area contributed by atoms with E-state index >= 15 is 0 Å². The first-order valence-corrected chi connectivity index (χ1v) is 10.5. The number of anilines is 3. The number of hydrogen-bond donors (Lipinski definition) is 4. The number of aliphatic hydroxyl groups is 2. The van der Waals surface area contributed by atoms with Crippen molar-refractivity contribution in [1.29, 1.82) is 0 Å². The van der Waals surface area contributed by atoms with Crippen LogP contribution in [0.15, 0.2) is 39.4 Å². The van der Waals surface area contributed by atoms with Crippen LogP contribution in [0.5, 0.6) is 0 Å². The molecular formula is C20H22BrN5O4. The van der Waals surface area contributed by atoms with Crippen LogP contribution in [-0.4, -0.2) is 58.4 Å². The molecule has 4 N–H and O–H groups in total. The number of aromatic nitrogens is 2. The zero-order chi connectivity index (χ0) is 21.1. The molecule has 0 aliphatic carbocycles. The average Bonchev–Trinajstić information content (AvgIpc) is 3.14. The zero-order valence-corrected chi connectivity index (χ0v) is 17.7. The molecule has 10 heteroatoms. The molecule has 1 saturated heterocycles. The van der Waals surface area contributed by atoms with Gasteiger partial charge in [-0.2, -0.15) is 4.98 Å². The van der Waals surface area contributed by atoms with E-state index in [1.807, 2.05) is 6.07 Å². The van der Waals surface area contributed by atoms with Crippen LogP contribution in [0.4, 0.5) is 17.4 Å². The second-order valence-electron chi connectivity index (χ2n) is 7.02. The molecule has 0 spiro atoms. The Labute approximate surface area is 181 Å². The minimum absolute atomic E-state index is 0.0407. The van der Waals surface area contributed by atoms with Crippen molar-refractivity contribution in [2.45, 2.75) is 18.9 Å². The summed E-state index contributed by atoms with van der Waals surface area (Å²) < 4.78 is 6.28. The van der Waals surface area contributed by atoms with Gasteiger partial charge < -0.3 is 30.2 Å². The lowest BCUT2D eigenvalue weighted by atomic mass is 10.1. The topological polar surface area (TPSA) is 124 Å². The maximum atomic E-state index is 12.8. The quantitative estimate of drug-likeness (QED) is 0.401. The van der Waals surface area contributed by atoms with Crippen molar-refractivity contribution in [2.24, 2.45) is 0 Å². The van der Waals surface area contributed by atoms with Gasteiger partial charge in [-0.05, 0) is 47.0 Å². The summed E-state index contributed by atoms with van der Waals surface area (Å²) in [6.45, 7) is 1.61. The van der Waals surface area contributed by atoms with E-state index < -0.39 is 0 Å². The van der Waals surface area contributed by atoms with Crippen LogP contribution in [-0.2, 0) is 0 Å². The van der Waals surface area contributed by atoms with Crippen molar-refractivity contribution in [2.75, 3.05) is 41.8 Å². The second kappa shape index (κ2) is 8.99. The van der Waals surface area contributed by atoms with Crippen molar-refractivity contribution in [3.8, 4) is 0 Å². The summed E-state index contributed by atoms with van der Waals surface area (Å²) in [5.74, 6) is -0.341. The van der Waals surface area contributed by atoms with Crippen LogP contribution in [0, 0.1) is 0 Å². The molecule has 0 unspecified atom stereocenters. The largest absolute Gasteiger partial charge is 0.423 e. The molecule has 0 bridgehead atoms. The fourth-order valence-electron chi connectivity index (χ4n) is 3.39. The van der Waals surface area contributed by atoms with Crippen LogP contribution < -0.4 is 15.5 Å². The number of oxazole rings is 1. The molecule has 4 rings (SSSR count). The molecule has 9 nitrogen and oxygen atoms in total. The molecule has 1 aromatic carbocycles. The summed E-state index contributed by atoms with van der Waals surface area (Å²) in [7, 11) is 0. The highest BCUT2D eigenvalue weighted by Crippen LogP contribution is 2.34. The molecule has 1 amide bonds. The van der Waals surface area contributed by atoms with Gasteiger partial charge in [-0.1, -0.05) is 6.07 Å². The highest BCUT2D eigenvalue weighted by molar-refractivity contribution is 9.10. The smallest absolute Gasteiger partial charge is 0.295 e. The normalized spacial score (nSPS) is 14.8. The molecule has 0 atom stereocenters. The van der Waals surface area contributed by atoms with E-state index in [-0.39, 0.29) is 24.3 Å². The van der Waals surface area contributed by atoms with E-state index in [4.69, 9.17) is 9.52 Å². The SMILES string of the molecule is O=C(Nc1cc2oc(NCCO)nc2cc1N1CCC(O)CC1)c1cccc(Br)n1. The predicted octanol–water partition coefficient (Wildman–Crippen LogP) is 2.60. The molecule has 1 aliphatic heterocycles. The predicted molar refractivity (Wildman–Crippen MR) is 117 cm³/mol. The van der Waals surface area contributed by atoms with E-state index in [9.17, 15) is 9.90 Å². The number of piperidine rings is 1. The first-order valence-electron chi connectivity index (χ1n) is 9.70. The lowest BCUT2D eigenvalue weighted by Crippen LogP contribution is -2.36. The molecule has 0 saturated carbocycles. The van der Waals surface area contributed by atoms with Gasteiger partial charge in [-0.3, -0.25) is 4.79 Å². The van der Waals surface area contributed by atoms with Gasteiger partial charge in [-0.15, -0.1) is 0 Å². The lowest BCUT2D eigenvalue weighted by molar-refractivity contribution is 0.102. The van der Waals surface area contributed by atoms with Gasteiger partial charge in [0, 0.05) is 25.7 Å².